The van der Waals surface area contributed by atoms with Crippen molar-refractivity contribution in [2.24, 2.45) is 0 Å². The third-order valence-corrected chi connectivity index (χ3v) is 8.58. The Kier molecular flexibility index (Phi) is 19.5. The van der Waals surface area contributed by atoms with Crippen molar-refractivity contribution >= 4 is 0 Å². The van der Waals surface area contributed by atoms with Gasteiger partial charge in [0.15, 0.2) is 0 Å². The molecule has 4 heteroatoms. The summed E-state index contributed by atoms with van der Waals surface area (Å²) in [5.41, 5.74) is 8.20. The second-order valence-corrected chi connectivity index (χ2v) is 17.7. The average molecular weight is 741 g/mol. The number of rotatable bonds is 8. The van der Waals surface area contributed by atoms with Crippen molar-refractivity contribution in [2.75, 3.05) is 14.2 Å². The maximum atomic E-state index is 5.76. The molecule has 0 amide bonds. The minimum absolute atomic E-state index is 0.103. The monoisotopic (exact) mass is 741 g/mol. The van der Waals surface area contributed by atoms with E-state index in [-0.39, 0.29) is 22.0 Å². The molecular formula is C50H76O4. The molecule has 0 aromatic heterocycles. The standard InChI is InChI=1S/C13H20O2.C13H20O.C12H18O.C12H18/c1-6-10-7-8-11(9-12(10)14-5)15-13(2,3)4;1-6-10-7-8-11(13(2,3)4)9-12(10)14-5;1-5-10-6-8-11(9-7-10)13-12(2,3)4;1-5-10-6-8-11(9-7-10)12(2,3)4/h7-9H,6H2,1-5H3;7-9H,6H2,1-5H3;6-9H,5H2,1-4H3;6-9H,5H2,1-4H3. The Hall–Kier alpha value is -3.92. The van der Waals surface area contributed by atoms with Crippen LogP contribution in [-0.2, 0) is 36.5 Å². The lowest BCUT2D eigenvalue weighted by molar-refractivity contribution is 0.130. The van der Waals surface area contributed by atoms with Crippen LogP contribution < -0.4 is 18.9 Å². The van der Waals surface area contributed by atoms with E-state index >= 15 is 0 Å². The first-order valence-electron chi connectivity index (χ1n) is 19.9. The predicted octanol–water partition coefficient (Wildman–Crippen LogP) is 14.0. The lowest BCUT2D eigenvalue weighted by Gasteiger charge is -2.22. The molecule has 0 radical (unpaired) electrons. The van der Waals surface area contributed by atoms with E-state index in [2.05, 4.69) is 151 Å². The summed E-state index contributed by atoms with van der Waals surface area (Å²) in [5, 5.41) is 0. The van der Waals surface area contributed by atoms with Crippen molar-refractivity contribution < 1.29 is 18.9 Å². The lowest BCUT2D eigenvalue weighted by atomic mass is 9.86. The second-order valence-electron chi connectivity index (χ2n) is 17.7. The predicted molar refractivity (Wildman–Crippen MR) is 235 cm³/mol. The van der Waals surface area contributed by atoms with E-state index in [4.69, 9.17) is 18.9 Å². The molecule has 0 aliphatic rings. The van der Waals surface area contributed by atoms with Crippen molar-refractivity contribution in [1.29, 1.82) is 0 Å². The summed E-state index contributed by atoms with van der Waals surface area (Å²) >= 11 is 0. The normalized spacial score (nSPS) is 11.4. The molecule has 4 aromatic rings. The Bertz CT molecular complexity index is 1620. The highest BCUT2D eigenvalue weighted by Crippen LogP contribution is 2.29. The number of hydrogen-bond acceptors (Lipinski definition) is 4. The molecule has 0 fully saturated rings. The average Bonchev–Trinajstić information content (AvgIpc) is 3.10. The van der Waals surface area contributed by atoms with Gasteiger partial charge >= 0.3 is 0 Å². The zero-order valence-corrected chi connectivity index (χ0v) is 37.5. The molecule has 0 N–H and O–H groups in total. The summed E-state index contributed by atoms with van der Waals surface area (Å²) in [5.74, 6) is 3.72. The fourth-order valence-electron chi connectivity index (χ4n) is 5.32. The highest BCUT2D eigenvalue weighted by atomic mass is 16.5. The molecule has 0 heterocycles. The summed E-state index contributed by atoms with van der Waals surface area (Å²) in [7, 11) is 3.43. The Balaban J connectivity index is 0.000000361. The molecule has 0 saturated carbocycles. The third kappa shape index (κ3) is 18.4. The molecular weight excluding hydrogens is 665 g/mol. The van der Waals surface area contributed by atoms with E-state index in [1.165, 1.54) is 33.4 Å². The van der Waals surface area contributed by atoms with E-state index in [0.717, 1.165) is 48.7 Å². The van der Waals surface area contributed by atoms with Crippen LogP contribution in [0.2, 0.25) is 0 Å². The van der Waals surface area contributed by atoms with Crippen molar-refractivity contribution in [3.8, 4) is 23.0 Å². The lowest BCUT2D eigenvalue weighted by Crippen LogP contribution is -2.22. The zero-order valence-electron chi connectivity index (χ0n) is 37.5. The number of hydrogen-bond donors (Lipinski definition) is 0. The van der Waals surface area contributed by atoms with E-state index in [1.54, 1.807) is 14.2 Å². The Morgan fingerprint density at radius 3 is 1.11 bits per heavy atom. The van der Waals surface area contributed by atoms with Gasteiger partial charge in [-0.15, -0.1) is 0 Å². The molecule has 0 unspecified atom stereocenters. The highest BCUT2D eigenvalue weighted by molar-refractivity contribution is 5.41. The van der Waals surface area contributed by atoms with Crippen molar-refractivity contribution in [3.05, 3.63) is 118 Å². The van der Waals surface area contributed by atoms with Crippen LogP contribution in [0.4, 0.5) is 0 Å². The van der Waals surface area contributed by atoms with Gasteiger partial charge in [0.05, 0.1) is 14.2 Å². The maximum Gasteiger partial charge on any atom is 0.125 e. The Morgan fingerprint density at radius 2 is 0.741 bits per heavy atom. The number of benzene rings is 4. The largest absolute Gasteiger partial charge is 0.496 e. The van der Waals surface area contributed by atoms with Crippen LogP contribution in [0.5, 0.6) is 23.0 Å². The van der Waals surface area contributed by atoms with Gasteiger partial charge in [-0.05, 0) is 136 Å². The SMILES string of the molecule is CCc1ccc(C(C)(C)C)cc1.CCc1ccc(C(C)(C)C)cc1OC.CCc1ccc(OC(C)(C)C)cc1.CCc1ccc(OC(C)(C)C)cc1OC. The van der Waals surface area contributed by atoms with Crippen LogP contribution in [0.1, 0.15) is 144 Å². The molecule has 300 valence electrons. The Morgan fingerprint density at radius 1 is 0.389 bits per heavy atom. The summed E-state index contributed by atoms with van der Waals surface area (Å²) in [6.07, 6.45) is 4.20. The molecule has 0 saturated heterocycles. The molecule has 0 bridgehead atoms. The number of methoxy groups -OCH3 is 2. The quantitative estimate of drug-likeness (QED) is 0.180. The van der Waals surface area contributed by atoms with Gasteiger partial charge < -0.3 is 18.9 Å². The van der Waals surface area contributed by atoms with Crippen LogP contribution in [0.15, 0.2) is 84.9 Å². The summed E-state index contributed by atoms with van der Waals surface area (Å²) in [4.78, 5) is 0. The zero-order chi connectivity index (χ0) is 41.3. The van der Waals surface area contributed by atoms with Gasteiger partial charge in [0.25, 0.3) is 0 Å². The van der Waals surface area contributed by atoms with Gasteiger partial charge in [-0.3, -0.25) is 0 Å². The Labute approximate surface area is 332 Å². The molecule has 4 nitrogen and oxygen atoms in total. The van der Waals surface area contributed by atoms with Gasteiger partial charge in [-0.25, -0.2) is 0 Å². The van der Waals surface area contributed by atoms with Gasteiger partial charge in [0.2, 0.25) is 0 Å². The first-order chi connectivity index (χ1) is 25.0. The van der Waals surface area contributed by atoms with Crippen molar-refractivity contribution in [2.45, 2.75) is 158 Å². The minimum atomic E-state index is -0.168. The number of aryl methyl sites for hydroxylation is 4. The molecule has 4 aromatic carbocycles. The van der Waals surface area contributed by atoms with Crippen molar-refractivity contribution in [1.82, 2.24) is 0 Å². The number of ether oxygens (including phenoxy) is 4. The van der Waals surface area contributed by atoms with Crippen LogP contribution >= 0.6 is 0 Å². The summed E-state index contributed by atoms with van der Waals surface area (Å²) < 4.78 is 22.1. The summed E-state index contributed by atoms with van der Waals surface area (Å²) in [6, 6.07) is 29.7. The molecule has 0 atom stereocenters. The van der Waals surface area contributed by atoms with E-state index in [0.29, 0.717) is 0 Å². The first kappa shape index (κ1) is 48.1. The van der Waals surface area contributed by atoms with Gasteiger partial charge in [0.1, 0.15) is 34.2 Å². The van der Waals surface area contributed by atoms with Crippen LogP contribution in [0.25, 0.3) is 0 Å². The second kappa shape index (κ2) is 21.8. The van der Waals surface area contributed by atoms with E-state index < -0.39 is 0 Å². The maximum absolute atomic E-state index is 5.76. The van der Waals surface area contributed by atoms with E-state index in [1.807, 2.05) is 45.0 Å². The summed E-state index contributed by atoms with van der Waals surface area (Å²) in [6.45, 7) is 34.3. The molecule has 54 heavy (non-hydrogen) atoms. The minimum Gasteiger partial charge on any atom is -0.496 e. The fraction of sp³-hybridized carbons (Fsp3) is 0.520. The van der Waals surface area contributed by atoms with Gasteiger partial charge in [-0.1, -0.05) is 124 Å². The molecule has 0 spiro atoms. The van der Waals surface area contributed by atoms with Gasteiger partial charge in [0, 0.05) is 6.07 Å². The molecule has 4 rings (SSSR count). The smallest absolute Gasteiger partial charge is 0.125 e. The van der Waals surface area contributed by atoms with Crippen LogP contribution in [0.3, 0.4) is 0 Å². The topological polar surface area (TPSA) is 36.9 Å². The van der Waals surface area contributed by atoms with Crippen LogP contribution in [0, 0.1) is 0 Å². The third-order valence-electron chi connectivity index (χ3n) is 8.58. The molecule has 0 aliphatic heterocycles. The van der Waals surface area contributed by atoms with Crippen LogP contribution in [-0.4, -0.2) is 25.4 Å². The van der Waals surface area contributed by atoms with E-state index in [9.17, 15) is 0 Å². The van der Waals surface area contributed by atoms with Gasteiger partial charge in [-0.2, -0.15) is 0 Å². The fourth-order valence-corrected chi connectivity index (χ4v) is 5.32. The first-order valence-corrected chi connectivity index (χ1v) is 19.9. The molecule has 0 aliphatic carbocycles. The highest BCUT2D eigenvalue weighted by Gasteiger charge is 2.16. The van der Waals surface area contributed by atoms with Crippen molar-refractivity contribution in [3.63, 3.8) is 0 Å².